The average molecular weight is 548 g/mol. The van der Waals surface area contributed by atoms with Crippen LogP contribution < -0.4 is 0 Å². The largest absolute Gasteiger partial charge is 0.295 e. The fraction of sp³-hybridized carbons (Fsp3) is 0.750. The molecule has 8 atom stereocenters. The predicted octanol–water partition coefficient (Wildman–Crippen LogP) is 6.29. The zero-order chi connectivity index (χ0) is 28.4. The van der Waals surface area contributed by atoms with Crippen molar-refractivity contribution in [3.8, 4) is 12.3 Å². The zero-order valence-electron chi connectivity index (χ0n) is 24.2. The molecule has 0 amide bonds. The third-order valence-electron chi connectivity index (χ3n) is 13.2. The Morgan fingerprint density at radius 2 is 1.64 bits per heavy atom. The van der Waals surface area contributed by atoms with Gasteiger partial charge in [0.2, 0.25) is 6.19 Å². The van der Waals surface area contributed by atoms with E-state index in [1.807, 2.05) is 18.3 Å². The van der Waals surface area contributed by atoms with Crippen molar-refractivity contribution in [3.63, 3.8) is 0 Å². The van der Waals surface area contributed by atoms with Crippen LogP contribution in [0.15, 0.2) is 27.7 Å². The van der Waals surface area contributed by atoms with E-state index in [1.165, 1.54) is 0 Å². The highest BCUT2D eigenvalue weighted by Crippen LogP contribution is 2.76. The maximum Gasteiger partial charge on any atom is 0.214 e. The van der Waals surface area contributed by atoms with Crippen molar-refractivity contribution in [2.75, 3.05) is 6.26 Å². The summed E-state index contributed by atoms with van der Waals surface area (Å²) in [6.45, 7) is 11.3. The molecule has 208 valence electrons. The Morgan fingerprint density at radius 3 is 2.26 bits per heavy atom. The summed E-state index contributed by atoms with van der Waals surface area (Å²) in [5.74, 6) is -0.195. The average Bonchev–Trinajstić information content (AvgIpc) is 3.64. The number of Topliss-reactive ketones (excluding diaryl/α,β-unsaturated/α-hetero) is 1. The van der Waals surface area contributed by atoms with Gasteiger partial charge in [0.25, 0.3) is 0 Å². The highest BCUT2D eigenvalue weighted by molar-refractivity contribution is 7.94. The normalized spacial score (nSPS) is 46.5. The van der Waals surface area contributed by atoms with Gasteiger partial charge in [0.15, 0.2) is 11.6 Å². The molecule has 0 aromatic rings. The maximum absolute atomic E-state index is 14.5. The van der Waals surface area contributed by atoms with Crippen LogP contribution in [0.1, 0.15) is 92.4 Å². The summed E-state index contributed by atoms with van der Waals surface area (Å²) in [7, 11) is -2.85. The number of hydrogen-bond acceptors (Lipinski definition) is 6. The zero-order valence-corrected chi connectivity index (χ0v) is 25.0. The summed E-state index contributed by atoms with van der Waals surface area (Å²) in [5.41, 5.74) is -0.237. The van der Waals surface area contributed by atoms with E-state index in [2.05, 4.69) is 45.1 Å². The second-order valence-electron chi connectivity index (χ2n) is 15.3. The quantitative estimate of drug-likeness (QED) is 0.358. The van der Waals surface area contributed by atoms with Crippen LogP contribution in [0.2, 0.25) is 0 Å². The first kappa shape index (κ1) is 26.9. The molecule has 0 saturated heterocycles. The summed E-state index contributed by atoms with van der Waals surface area (Å²) in [4.78, 5) is 27.8. The molecular formula is C32H41N3O3S. The number of allylic oxidation sites excluding steroid dienone is 4. The van der Waals surface area contributed by atoms with Gasteiger partial charge in [-0.25, -0.2) is 4.21 Å². The van der Waals surface area contributed by atoms with Gasteiger partial charge in [-0.05, 0) is 91.9 Å². The molecule has 6 aliphatic rings. The first-order chi connectivity index (χ1) is 18.1. The monoisotopic (exact) mass is 547 g/mol. The van der Waals surface area contributed by atoms with E-state index < -0.39 is 25.3 Å². The lowest BCUT2D eigenvalue weighted by Crippen LogP contribution is -2.67. The number of ketones is 2. The van der Waals surface area contributed by atoms with Gasteiger partial charge < -0.3 is 0 Å². The smallest absolute Gasteiger partial charge is 0.214 e. The molecule has 0 N–H and O–H groups in total. The molecule has 39 heavy (non-hydrogen) atoms. The van der Waals surface area contributed by atoms with Crippen LogP contribution in [0, 0.1) is 67.6 Å². The minimum atomic E-state index is -2.85. The molecule has 6 aliphatic carbocycles. The number of carbonyl (C=O) groups excluding carboxylic acids is 2. The van der Waals surface area contributed by atoms with Crippen molar-refractivity contribution in [2.24, 2.45) is 49.2 Å². The van der Waals surface area contributed by atoms with Gasteiger partial charge in [0.05, 0.1) is 20.0 Å². The lowest BCUT2D eigenvalue weighted by molar-refractivity contribution is -0.151. The van der Waals surface area contributed by atoms with Crippen molar-refractivity contribution in [1.29, 1.82) is 10.5 Å². The lowest BCUT2D eigenvalue weighted by atomic mass is 9.36. The SMILES string of the molecule is CC1(C)CC[C@]2(S(C)(=O)=NC#N)CC[C@]3(C)[C@H](C(=O)C=C4[C@@]5(C)C=C(C#N)C(=O)C6(CC6)[C@@H]5CC[C@]43C)[C@@H]2C1. The van der Waals surface area contributed by atoms with Gasteiger partial charge in [-0.3, -0.25) is 9.59 Å². The Bertz CT molecular complexity index is 1480. The van der Waals surface area contributed by atoms with Crippen LogP contribution in [-0.2, 0) is 19.3 Å². The van der Waals surface area contributed by atoms with Crippen molar-refractivity contribution >= 4 is 21.3 Å². The Balaban J connectivity index is 1.55. The molecule has 0 aliphatic heterocycles. The molecule has 6 rings (SSSR count). The molecule has 0 aromatic heterocycles. The van der Waals surface area contributed by atoms with Crippen LogP contribution in [0.25, 0.3) is 0 Å². The molecular weight excluding hydrogens is 506 g/mol. The van der Waals surface area contributed by atoms with Crippen molar-refractivity contribution in [3.05, 3.63) is 23.3 Å². The van der Waals surface area contributed by atoms with E-state index in [0.29, 0.717) is 6.42 Å². The predicted molar refractivity (Wildman–Crippen MR) is 149 cm³/mol. The van der Waals surface area contributed by atoms with Gasteiger partial charge in [0.1, 0.15) is 6.07 Å². The van der Waals surface area contributed by atoms with Crippen molar-refractivity contribution in [2.45, 2.75) is 97.2 Å². The number of carbonyl (C=O) groups is 2. The fourth-order valence-electron chi connectivity index (χ4n) is 10.8. The highest BCUT2D eigenvalue weighted by atomic mass is 32.2. The number of nitriles is 2. The molecule has 4 saturated carbocycles. The molecule has 0 aromatic carbocycles. The van der Waals surface area contributed by atoms with Crippen LogP contribution in [0.4, 0.5) is 0 Å². The first-order valence-corrected chi connectivity index (χ1v) is 16.5. The van der Waals surface area contributed by atoms with Gasteiger partial charge in [0, 0.05) is 23.0 Å². The Labute approximate surface area is 233 Å². The van der Waals surface area contributed by atoms with Crippen molar-refractivity contribution in [1.82, 2.24) is 0 Å². The number of nitrogens with zero attached hydrogens (tertiary/aromatic N) is 3. The molecule has 1 spiro atoms. The fourth-order valence-corrected chi connectivity index (χ4v) is 12.9. The van der Waals surface area contributed by atoms with Crippen molar-refractivity contribution < 1.29 is 13.8 Å². The Hall–Kier alpha value is -2.25. The topological polar surface area (TPSA) is 111 Å². The number of hydrogen-bond donors (Lipinski definition) is 0. The first-order valence-electron chi connectivity index (χ1n) is 14.6. The molecule has 0 bridgehead atoms. The Morgan fingerprint density at radius 1 is 0.974 bits per heavy atom. The third kappa shape index (κ3) is 3.09. The molecule has 6 nitrogen and oxygen atoms in total. The second-order valence-corrected chi connectivity index (χ2v) is 17.9. The Kier molecular flexibility index (Phi) is 5.34. The van der Waals surface area contributed by atoms with Crippen LogP contribution in [0.3, 0.4) is 0 Å². The van der Waals surface area contributed by atoms with Crippen LogP contribution in [0.5, 0.6) is 0 Å². The summed E-state index contributed by atoms with van der Waals surface area (Å²) in [5, 5.41) is 19.4. The van der Waals surface area contributed by atoms with E-state index in [1.54, 1.807) is 6.26 Å². The van der Waals surface area contributed by atoms with Gasteiger partial charge in [-0.15, -0.1) is 4.36 Å². The number of rotatable bonds is 1. The second kappa shape index (κ2) is 7.73. The van der Waals surface area contributed by atoms with E-state index in [-0.39, 0.29) is 51.1 Å². The summed E-state index contributed by atoms with van der Waals surface area (Å²) in [6, 6.07) is 2.20. The van der Waals surface area contributed by atoms with Gasteiger partial charge in [-0.2, -0.15) is 10.5 Å². The molecule has 1 unspecified atom stereocenters. The van der Waals surface area contributed by atoms with Gasteiger partial charge in [-0.1, -0.05) is 46.3 Å². The van der Waals surface area contributed by atoms with E-state index >= 15 is 0 Å². The summed E-state index contributed by atoms with van der Waals surface area (Å²) < 4.78 is 17.6. The summed E-state index contributed by atoms with van der Waals surface area (Å²) in [6.07, 6.45) is 14.6. The standard InChI is InChI=1S/C32H41N3O3S/c1-27(2)9-13-32(39(6,38)35-19-34)14-10-30(5)25(21(32)17-27)22(36)15-24-28(3)16-20(18-33)26(37)31(11-12-31)23(28)7-8-29(24,30)4/h15-16,21,23,25H,7-14,17H2,1-6H3/t21-,23+,25-,28-,29+,30+,32-,39?/m0/s1. The summed E-state index contributed by atoms with van der Waals surface area (Å²) >= 11 is 0. The van der Waals surface area contributed by atoms with E-state index in [4.69, 9.17) is 0 Å². The van der Waals surface area contributed by atoms with Gasteiger partial charge >= 0.3 is 0 Å². The van der Waals surface area contributed by atoms with Crippen LogP contribution >= 0.6 is 0 Å². The number of fused-ring (bicyclic) bond motifs is 8. The highest BCUT2D eigenvalue weighted by Gasteiger charge is 2.73. The van der Waals surface area contributed by atoms with E-state index in [0.717, 1.165) is 56.9 Å². The lowest BCUT2D eigenvalue weighted by Gasteiger charge is -2.68. The molecule has 7 heteroatoms. The molecule has 4 fully saturated rings. The molecule has 0 radical (unpaired) electrons. The minimum Gasteiger partial charge on any atom is -0.295 e. The third-order valence-corrected chi connectivity index (χ3v) is 15.9. The minimum absolute atomic E-state index is 0.00809. The molecule has 0 heterocycles. The van der Waals surface area contributed by atoms with Crippen LogP contribution in [-0.4, -0.2) is 26.8 Å². The van der Waals surface area contributed by atoms with E-state index in [9.17, 15) is 24.3 Å². The maximum atomic E-state index is 14.5.